The van der Waals surface area contributed by atoms with Crippen molar-refractivity contribution in [3.8, 4) is 5.75 Å². The molecule has 0 aliphatic heterocycles. The van der Waals surface area contributed by atoms with Gasteiger partial charge in [-0.05, 0) is 56.9 Å². The monoisotopic (exact) mass is 370 g/mol. The summed E-state index contributed by atoms with van der Waals surface area (Å²) < 4.78 is 5.11. The van der Waals surface area contributed by atoms with Crippen LogP contribution in [-0.4, -0.2) is 56.0 Å². The highest BCUT2D eigenvalue weighted by atomic mass is 16.5. The summed E-state index contributed by atoms with van der Waals surface area (Å²) >= 11 is 0. The van der Waals surface area contributed by atoms with Gasteiger partial charge in [0, 0.05) is 24.8 Å². The van der Waals surface area contributed by atoms with E-state index in [1.165, 1.54) is 12.3 Å². The highest BCUT2D eigenvalue weighted by Crippen LogP contribution is 2.11. The van der Waals surface area contributed by atoms with E-state index in [9.17, 15) is 9.59 Å². The Labute approximate surface area is 159 Å². The standard InChI is InChI=1S/C20H26N4O3/c1-24(2)12-4-10-22-20(26)18-13-16(9-11-21-18)19(25)23-14-15-5-7-17(27-3)8-6-15/h5-9,11,13H,4,10,12,14H2,1-3H3,(H,22,26)(H,23,25). The van der Waals surface area contributed by atoms with Gasteiger partial charge in [-0.15, -0.1) is 0 Å². The summed E-state index contributed by atoms with van der Waals surface area (Å²) in [4.78, 5) is 30.6. The zero-order chi connectivity index (χ0) is 19.6. The van der Waals surface area contributed by atoms with E-state index in [1.54, 1.807) is 13.2 Å². The second-order valence-corrected chi connectivity index (χ2v) is 6.37. The number of carbonyl (C=O) groups excluding carboxylic acids is 2. The molecule has 144 valence electrons. The van der Waals surface area contributed by atoms with Crippen molar-refractivity contribution in [1.29, 1.82) is 0 Å². The molecule has 0 radical (unpaired) electrons. The topological polar surface area (TPSA) is 83.6 Å². The van der Waals surface area contributed by atoms with Crippen LogP contribution in [0.2, 0.25) is 0 Å². The van der Waals surface area contributed by atoms with Gasteiger partial charge in [0.1, 0.15) is 11.4 Å². The van der Waals surface area contributed by atoms with Gasteiger partial charge in [0.2, 0.25) is 0 Å². The lowest BCUT2D eigenvalue weighted by Crippen LogP contribution is -2.28. The zero-order valence-electron chi connectivity index (χ0n) is 16.0. The number of carbonyl (C=O) groups is 2. The normalized spacial score (nSPS) is 10.5. The average molecular weight is 370 g/mol. The van der Waals surface area contributed by atoms with Crippen LogP contribution in [0, 0.1) is 0 Å². The molecule has 0 fully saturated rings. The van der Waals surface area contributed by atoms with Gasteiger partial charge in [-0.3, -0.25) is 14.6 Å². The molecule has 2 amide bonds. The third kappa shape index (κ3) is 6.71. The van der Waals surface area contributed by atoms with E-state index in [1.807, 2.05) is 38.4 Å². The van der Waals surface area contributed by atoms with Crippen LogP contribution in [0.15, 0.2) is 42.6 Å². The van der Waals surface area contributed by atoms with Crippen molar-refractivity contribution >= 4 is 11.8 Å². The SMILES string of the molecule is COc1ccc(CNC(=O)c2ccnc(C(=O)NCCCN(C)C)c2)cc1. The lowest BCUT2D eigenvalue weighted by molar-refractivity contribution is 0.0947. The number of benzene rings is 1. The molecule has 0 saturated carbocycles. The largest absolute Gasteiger partial charge is 0.497 e. The van der Waals surface area contributed by atoms with Gasteiger partial charge in [0.15, 0.2) is 0 Å². The Morgan fingerprint density at radius 3 is 2.48 bits per heavy atom. The highest BCUT2D eigenvalue weighted by Gasteiger charge is 2.11. The van der Waals surface area contributed by atoms with Crippen LogP contribution in [0.4, 0.5) is 0 Å². The van der Waals surface area contributed by atoms with Gasteiger partial charge in [0.05, 0.1) is 7.11 Å². The molecule has 0 aliphatic rings. The van der Waals surface area contributed by atoms with Crippen LogP contribution in [0.1, 0.15) is 32.8 Å². The Kier molecular flexibility index (Phi) is 7.76. The zero-order valence-corrected chi connectivity index (χ0v) is 16.0. The molecule has 1 heterocycles. The number of amides is 2. The molecule has 0 aliphatic carbocycles. The lowest BCUT2D eigenvalue weighted by atomic mass is 10.2. The summed E-state index contributed by atoms with van der Waals surface area (Å²) in [5.41, 5.74) is 1.59. The predicted octanol–water partition coefficient (Wildman–Crippen LogP) is 1.70. The first-order chi connectivity index (χ1) is 13.0. The Hall–Kier alpha value is -2.93. The van der Waals surface area contributed by atoms with Crippen molar-refractivity contribution in [3.63, 3.8) is 0 Å². The molecular weight excluding hydrogens is 344 g/mol. The van der Waals surface area contributed by atoms with Crippen LogP contribution >= 0.6 is 0 Å². The van der Waals surface area contributed by atoms with E-state index in [4.69, 9.17) is 4.74 Å². The number of nitrogens with one attached hydrogen (secondary N) is 2. The van der Waals surface area contributed by atoms with E-state index in [-0.39, 0.29) is 17.5 Å². The number of hydrogen-bond donors (Lipinski definition) is 2. The van der Waals surface area contributed by atoms with Crippen molar-refractivity contribution in [2.75, 3.05) is 34.3 Å². The summed E-state index contributed by atoms with van der Waals surface area (Å²) in [6, 6.07) is 10.5. The maximum Gasteiger partial charge on any atom is 0.269 e. The van der Waals surface area contributed by atoms with Crippen molar-refractivity contribution in [2.24, 2.45) is 0 Å². The fraction of sp³-hybridized carbons (Fsp3) is 0.350. The van der Waals surface area contributed by atoms with E-state index >= 15 is 0 Å². The molecule has 2 aromatic rings. The van der Waals surface area contributed by atoms with Gasteiger partial charge in [-0.2, -0.15) is 0 Å². The van der Waals surface area contributed by atoms with Crippen molar-refractivity contribution in [2.45, 2.75) is 13.0 Å². The first-order valence-corrected chi connectivity index (χ1v) is 8.79. The molecule has 0 bridgehead atoms. The Morgan fingerprint density at radius 2 is 1.81 bits per heavy atom. The number of pyridine rings is 1. The van der Waals surface area contributed by atoms with E-state index < -0.39 is 0 Å². The van der Waals surface area contributed by atoms with Crippen molar-refractivity contribution in [1.82, 2.24) is 20.5 Å². The number of hydrogen-bond acceptors (Lipinski definition) is 5. The van der Waals surface area contributed by atoms with E-state index in [2.05, 4.69) is 20.5 Å². The maximum atomic E-state index is 12.4. The average Bonchev–Trinajstić information content (AvgIpc) is 2.69. The maximum absolute atomic E-state index is 12.4. The molecule has 2 rings (SSSR count). The number of aromatic nitrogens is 1. The van der Waals surface area contributed by atoms with Gasteiger partial charge in [0.25, 0.3) is 11.8 Å². The van der Waals surface area contributed by atoms with Gasteiger partial charge in [-0.25, -0.2) is 0 Å². The highest BCUT2D eigenvalue weighted by molar-refractivity contribution is 5.98. The van der Waals surface area contributed by atoms with Crippen LogP contribution in [0.25, 0.3) is 0 Å². The smallest absolute Gasteiger partial charge is 0.269 e. The third-order valence-electron chi connectivity index (χ3n) is 3.93. The molecule has 7 heteroatoms. The number of nitrogens with zero attached hydrogens (tertiary/aromatic N) is 2. The number of ether oxygens (including phenoxy) is 1. The molecule has 1 aromatic carbocycles. The molecule has 0 atom stereocenters. The fourth-order valence-electron chi connectivity index (χ4n) is 2.41. The molecule has 1 aromatic heterocycles. The minimum Gasteiger partial charge on any atom is -0.497 e. The Bertz CT molecular complexity index is 760. The Morgan fingerprint density at radius 1 is 1.07 bits per heavy atom. The van der Waals surface area contributed by atoms with Crippen LogP contribution in [-0.2, 0) is 6.54 Å². The Balaban J connectivity index is 1.89. The second-order valence-electron chi connectivity index (χ2n) is 6.37. The number of methoxy groups -OCH3 is 1. The predicted molar refractivity (Wildman–Crippen MR) is 104 cm³/mol. The minimum atomic E-state index is -0.279. The summed E-state index contributed by atoms with van der Waals surface area (Å²) in [5, 5.41) is 5.66. The van der Waals surface area contributed by atoms with Crippen LogP contribution < -0.4 is 15.4 Å². The summed E-state index contributed by atoms with van der Waals surface area (Å²) in [5.74, 6) is 0.230. The number of rotatable bonds is 9. The molecule has 0 spiro atoms. The van der Waals surface area contributed by atoms with Gasteiger partial charge >= 0.3 is 0 Å². The molecule has 2 N–H and O–H groups in total. The fourth-order valence-corrected chi connectivity index (χ4v) is 2.41. The molecule has 0 unspecified atom stereocenters. The van der Waals surface area contributed by atoms with Crippen LogP contribution in [0.3, 0.4) is 0 Å². The third-order valence-corrected chi connectivity index (χ3v) is 3.93. The minimum absolute atomic E-state index is 0.233. The molecule has 7 nitrogen and oxygen atoms in total. The quantitative estimate of drug-likeness (QED) is 0.657. The second kappa shape index (κ2) is 10.3. The first kappa shape index (κ1) is 20.4. The first-order valence-electron chi connectivity index (χ1n) is 8.79. The summed E-state index contributed by atoms with van der Waals surface area (Å²) in [7, 11) is 5.57. The van der Waals surface area contributed by atoms with Crippen LogP contribution in [0.5, 0.6) is 5.75 Å². The van der Waals surface area contributed by atoms with Crippen molar-refractivity contribution in [3.05, 3.63) is 59.4 Å². The van der Waals surface area contributed by atoms with E-state index in [0.29, 0.717) is 18.7 Å². The molecule has 0 saturated heterocycles. The van der Waals surface area contributed by atoms with E-state index in [0.717, 1.165) is 24.3 Å². The molecular formula is C20H26N4O3. The molecule has 27 heavy (non-hydrogen) atoms. The summed E-state index contributed by atoms with van der Waals surface area (Å²) in [6.07, 6.45) is 2.32. The van der Waals surface area contributed by atoms with Gasteiger partial charge in [-0.1, -0.05) is 12.1 Å². The van der Waals surface area contributed by atoms with Crippen molar-refractivity contribution < 1.29 is 14.3 Å². The van der Waals surface area contributed by atoms with Gasteiger partial charge < -0.3 is 20.3 Å². The lowest BCUT2D eigenvalue weighted by Gasteiger charge is -2.10. The summed E-state index contributed by atoms with van der Waals surface area (Å²) in [6.45, 7) is 1.84.